The van der Waals surface area contributed by atoms with Gasteiger partial charge >= 0.3 is 0 Å². The lowest BCUT2D eigenvalue weighted by atomic mass is 10.00. The molecule has 0 bridgehead atoms. The Balaban J connectivity index is 2.11. The summed E-state index contributed by atoms with van der Waals surface area (Å²) in [4.78, 5) is 0. The molecule has 0 unspecified atom stereocenters. The third-order valence-electron chi connectivity index (χ3n) is 4.93. The molecule has 4 rings (SSSR count). The lowest BCUT2D eigenvalue weighted by molar-refractivity contribution is 0.865. The zero-order chi connectivity index (χ0) is 16.0. The molecule has 4 aromatic rings. The molecular formula is C22H21N. The van der Waals surface area contributed by atoms with Gasteiger partial charge in [0.05, 0.1) is 5.52 Å². The number of hydrogen-bond donors (Lipinski definition) is 0. The van der Waals surface area contributed by atoms with E-state index in [1.807, 2.05) is 0 Å². The summed E-state index contributed by atoms with van der Waals surface area (Å²) in [5, 5.41) is 2.76. The van der Waals surface area contributed by atoms with E-state index >= 15 is 0 Å². The van der Waals surface area contributed by atoms with Gasteiger partial charge in [-0.1, -0.05) is 54.6 Å². The van der Waals surface area contributed by atoms with Crippen molar-refractivity contribution in [1.29, 1.82) is 0 Å². The van der Waals surface area contributed by atoms with Crippen molar-refractivity contribution in [2.24, 2.45) is 0 Å². The van der Waals surface area contributed by atoms with Crippen LogP contribution < -0.4 is 0 Å². The summed E-state index contributed by atoms with van der Waals surface area (Å²) in [5.41, 5.74) is 8.17. The maximum absolute atomic E-state index is 2.48. The Kier molecular flexibility index (Phi) is 3.23. The second-order valence-corrected chi connectivity index (χ2v) is 6.45. The SMILES string of the molecule is Cc1cc(C)c2c3ccccc3n(Cc3ccccc3)c2c1C. The molecule has 0 aliphatic rings. The normalized spacial score (nSPS) is 11.4. The third-order valence-corrected chi connectivity index (χ3v) is 4.93. The zero-order valence-corrected chi connectivity index (χ0v) is 13.9. The molecule has 3 aromatic carbocycles. The molecule has 23 heavy (non-hydrogen) atoms. The molecule has 1 aromatic heterocycles. The highest BCUT2D eigenvalue weighted by Gasteiger charge is 2.15. The maximum Gasteiger partial charge on any atom is 0.0529 e. The number of hydrogen-bond acceptors (Lipinski definition) is 0. The van der Waals surface area contributed by atoms with E-state index in [1.165, 1.54) is 44.1 Å². The Bertz CT molecular complexity index is 1010. The van der Waals surface area contributed by atoms with Crippen LogP contribution in [0.3, 0.4) is 0 Å². The molecule has 0 saturated heterocycles. The first-order chi connectivity index (χ1) is 11.2. The Morgan fingerprint density at radius 1 is 0.783 bits per heavy atom. The van der Waals surface area contributed by atoms with Gasteiger partial charge in [0.2, 0.25) is 0 Å². The van der Waals surface area contributed by atoms with Crippen LogP contribution in [0.15, 0.2) is 60.7 Å². The fourth-order valence-corrected chi connectivity index (χ4v) is 3.71. The monoisotopic (exact) mass is 299 g/mol. The van der Waals surface area contributed by atoms with E-state index in [2.05, 4.69) is 86.0 Å². The Morgan fingerprint density at radius 2 is 1.48 bits per heavy atom. The van der Waals surface area contributed by atoms with Crippen molar-refractivity contribution in [3.05, 3.63) is 82.9 Å². The predicted molar refractivity (Wildman–Crippen MR) is 99.2 cm³/mol. The fourth-order valence-electron chi connectivity index (χ4n) is 3.71. The Labute approximate surface area is 137 Å². The van der Waals surface area contributed by atoms with Crippen molar-refractivity contribution in [3.63, 3.8) is 0 Å². The van der Waals surface area contributed by atoms with Gasteiger partial charge in [0.15, 0.2) is 0 Å². The van der Waals surface area contributed by atoms with Crippen LogP contribution in [0.2, 0.25) is 0 Å². The zero-order valence-electron chi connectivity index (χ0n) is 13.9. The summed E-state index contributed by atoms with van der Waals surface area (Å²) in [6.45, 7) is 7.60. The number of benzene rings is 3. The summed E-state index contributed by atoms with van der Waals surface area (Å²) >= 11 is 0. The van der Waals surface area contributed by atoms with Crippen LogP contribution in [0.5, 0.6) is 0 Å². The molecule has 0 saturated carbocycles. The van der Waals surface area contributed by atoms with Gasteiger partial charge in [0.1, 0.15) is 0 Å². The van der Waals surface area contributed by atoms with E-state index in [0.717, 1.165) is 6.54 Å². The summed E-state index contributed by atoms with van der Waals surface area (Å²) in [6, 6.07) is 21.8. The standard InChI is InChI=1S/C22H21N/c1-15-13-16(2)21-19-11-7-8-12-20(19)23(22(21)17(15)3)14-18-9-5-4-6-10-18/h4-13H,14H2,1-3H3. The molecule has 1 heteroatoms. The van der Waals surface area contributed by atoms with Crippen molar-refractivity contribution in [2.45, 2.75) is 27.3 Å². The van der Waals surface area contributed by atoms with E-state index in [4.69, 9.17) is 0 Å². The Morgan fingerprint density at radius 3 is 2.26 bits per heavy atom. The third kappa shape index (κ3) is 2.16. The molecular weight excluding hydrogens is 278 g/mol. The molecule has 0 aliphatic heterocycles. The smallest absolute Gasteiger partial charge is 0.0529 e. The van der Waals surface area contributed by atoms with Crippen LogP contribution >= 0.6 is 0 Å². The van der Waals surface area contributed by atoms with Gasteiger partial charge < -0.3 is 4.57 Å². The minimum absolute atomic E-state index is 0.911. The van der Waals surface area contributed by atoms with Crippen LogP contribution in [0.4, 0.5) is 0 Å². The first-order valence-corrected chi connectivity index (χ1v) is 8.18. The maximum atomic E-state index is 2.48. The number of rotatable bonds is 2. The lowest BCUT2D eigenvalue weighted by Crippen LogP contribution is -2.01. The minimum Gasteiger partial charge on any atom is -0.336 e. The van der Waals surface area contributed by atoms with E-state index in [9.17, 15) is 0 Å². The quantitative estimate of drug-likeness (QED) is 0.443. The van der Waals surface area contributed by atoms with E-state index in [-0.39, 0.29) is 0 Å². The van der Waals surface area contributed by atoms with Crippen LogP contribution in [-0.4, -0.2) is 4.57 Å². The highest BCUT2D eigenvalue weighted by Crippen LogP contribution is 2.35. The van der Waals surface area contributed by atoms with Crippen LogP contribution in [0.1, 0.15) is 22.3 Å². The second kappa shape index (κ2) is 5.27. The second-order valence-electron chi connectivity index (χ2n) is 6.45. The average molecular weight is 299 g/mol. The van der Waals surface area contributed by atoms with Gasteiger partial charge in [-0.3, -0.25) is 0 Å². The first-order valence-electron chi connectivity index (χ1n) is 8.18. The molecule has 0 spiro atoms. The predicted octanol–water partition coefficient (Wildman–Crippen LogP) is 5.77. The Hall–Kier alpha value is -2.54. The van der Waals surface area contributed by atoms with Crippen LogP contribution in [-0.2, 0) is 6.54 Å². The highest BCUT2D eigenvalue weighted by atomic mass is 15.0. The van der Waals surface area contributed by atoms with Gasteiger partial charge in [0.25, 0.3) is 0 Å². The van der Waals surface area contributed by atoms with Crippen molar-refractivity contribution in [3.8, 4) is 0 Å². The van der Waals surface area contributed by atoms with E-state index in [0.29, 0.717) is 0 Å². The molecule has 114 valence electrons. The molecule has 0 fully saturated rings. The number of para-hydroxylation sites is 1. The molecule has 0 atom stereocenters. The minimum atomic E-state index is 0.911. The van der Waals surface area contributed by atoms with Crippen LogP contribution in [0.25, 0.3) is 21.8 Å². The van der Waals surface area contributed by atoms with Gasteiger partial charge in [0, 0.05) is 22.8 Å². The number of nitrogens with zero attached hydrogens (tertiary/aromatic N) is 1. The van der Waals surface area contributed by atoms with Crippen molar-refractivity contribution >= 4 is 21.8 Å². The first kappa shape index (κ1) is 14.1. The van der Waals surface area contributed by atoms with Gasteiger partial charge in [-0.25, -0.2) is 0 Å². The van der Waals surface area contributed by atoms with Crippen molar-refractivity contribution < 1.29 is 0 Å². The summed E-state index contributed by atoms with van der Waals surface area (Å²) in [6.07, 6.45) is 0. The van der Waals surface area contributed by atoms with Crippen molar-refractivity contribution in [2.75, 3.05) is 0 Å². The number of aromatic nitrogens is 1. The fraction of sp³-hybridized carbons (Fsp3) is 0.182. The highest BCUT2D eigenvalue weighted by molar-refractivity contribution is 6.11. The van der Waals surface area contributed by atoms with E-state index in [1.54, 1.807) is 0 Å². The summed E-state index contributed by atoms with van der Waals surface area (Å²) < 4.78 is 2.48. The van der Waals surface area contributed by atoms with Gasteiger partial charge in [-0.05, 0) is 49.1 Å². The van der Waals surface area contributed by atoms with Crippen molar-refractivity contribution in [1.82, 2.24) is 4.57 Å². The molecule has 0 radical (unpaired) electrons. The molecule has 0 aliphatic carbocycles. The van der Waals surface area contributed by atoms with Gasteiger partial charge in [-0.2, -0.15) is 0 Å². The summed E-state index contributed by atoms with van der Waals surface area (Å²) in [5.74, 6) is 0. The molecule has 1 heterocycles. The summed E-state index contributed by atoms with van der Waals surface area (Å²) in [7, 11) is 0. The largest absolute Gasteiger partial charge is 0.336 e. The van der Waals surface area contributed by atoms with E-state index < -0.39 is 0 Å². The van der Waals surface area contributed by atoms with Gasteiger partial charge in [-0.15, -0.1) is 0 Å². The number of aryl methyl sites for hydroxylation is 3. The topological polar surface area (TPSA) is 4.93 Å². The number of fused-ring (bicyclic) bond motifs is 3. The molecule has 0 N–H and O–H groups in total. The van der Waals surface area contributed by atoms with Crippen LogP contribution in [0, 0.1) is 20.8 Å². The average Bonchev–Trinajstić information content (AvgIpc) is 2.89. The molecule has 0 amide bonds. The lowest BCUT2D eigenvalue weighted by Gasteiger charge is -2.12. The molecule has 1 nitrogen and oxygen atoms in total.